The van der Waals surface area contributed by atoms with Crippen LogP contribution in [0.25, 0.3) is 11.4 Å². The summed E-state index contributed by atoms with van der Waals surface area (Å²) in [4.78, 5) is 16.2. The maximum atomic E-state index is 12.5. The number of likely N-dealkylation sites (N-methyl/N-ethyl adjacent to an activating group) is 1. The molecule has 0 amide bonds. The molecule has 8 nitrogen and oxygen atoms in total. The normalized spacial score (nSPS) is 11.6. The van der Waals surface area contributed by atoms with Gasteiger partial charge in [0.25, 0.3) is 5.89 Å². The van der Waals surface area contributed by atoms with Crippen LogP contribution in [0.4, 0.5) is 0 Å². The molecule has 0 aliphatic heterocycles. The number of benzene rings is 2. The Balaban J connectivity index is 1.57. The van der Waals surface area contributed by atoms with Gasteiger partial charge in [-0.05, 0) is 31.2 Å². The monoisotopic (exact) mass is 435 g/mol. The molecule has 152 valence electrons. The minimum atomic E-state index is -3.85. The maximum absolute atomic E-state index is 12.5. The van der Waals surface area contributed by atoms with E-state index in [0.717, 1.165) is 15.4 Å². The van der Waals surface area contributed by atoms with Crippen LogP contribution in [-0.4, -0.2) is 42.4 Å². The molecule has 0 saturated carbocycles. The number of carbonyl (C=O) groups is 1. The Morgan fingerprint density at radius 1 is 1.14 bits per heavy atom. The minimum absolute atomic E-state index is 0.0249. The highest BCUT2D eigenvalue weighted by Crippen LogP contribution is 2.18. The fourth-order valence-corrected chi connectivity index (χ4v) is 3.62. The lowest BCUT2D eigenvalue weighted by Gasteiger charge is -2.16. The van der Waals surface area contributed by atoms with Gasteiger partial charge in [-0.2, -0.15) is 9.29 Å². The van der Waals surface area contributed by atoms with Gasteiger partial charge < -0.3 is 9.26 Å². The number of esters is 1. The molecule has 0 unspecified atom stereocenters. The van der Waals surface area contributed by atoms with E-state index in [-0.39, 0.29) is 17.4 Å². The highest BCUT2D eigenvalue weighted by atomic mass is 35.5. The number of nitrogens with zero attached hydrogens (tertiary/aromatic N) is 3. The van der Waals surface area contributed by atoms with Gasteiger partial charge in [0.15, 0.2) is 6.61 Å². The fraction of sp³-hybridized carbons (Fsp3) is 0.211. The minimum Gasteiger partial charge on any atom is -0.455 e. The van der Waals surface area contributed by atoms with Crippen molar-refractivity contribution < 1.29 is 22.5 Å². The summed E-state index contributed by atoms with van der Waals surface area (Å²) in [6.45, 7) is 1.24. The van der Waals surface area contributed by atoms with Gasteiger partial charge in [0.1, 0.15) is 6.54 Å². The number of aryl methyl sites for hydroxylation is 1. The zero-order chi connectivity index (χ0) is 21.0. The standard InChI is InChI=1S/C19H18ClN3O5S/c1-13-3-5-14(6-4-13)19-21-17(28-22-19)12-27-18(24)11-23(2)29(25,26)16-9-7-15(20)8-10-16/h3-10H,11-12H2,1-2H3. The first kappa shape index (κ1) is 21.0. The van der Waals surface area contributed by atoms with E-state index in [1.807, 2.05) is 31.2 Å². The van der Waals surface area contributed by atoms with Crippen molar-refractivity contribution >= 4 is 27.6 Å². The largest absolute Gasteiger partial charge is 0.455 e. The third-order valence-electron chi connectivity index (χ3n) is 4.01. The molecule has 10 heteroatoms. The van der Waals surface area contributed by atoms with Crippen LogP contribution in [-0.2, 0) is 26.2 Å². The molecule has 0 saturated heterocycles. The van der Waals surface area contributed by atoms with Crippen molar-refractivity contribution in [1.82, 2.24) is 14.4 Å². The van der Waals surface area contributed by atoms with E-state index < -0.39 is 22.5 Å². The van der Waals surface area contributed by atoms with Crippen LogP contribution in [0.2, 0.25) is 5.02 Å². The lowest BCUT2D eigenvalue weighted by molar-refractivity contribution is -0.145. The van der Waals surface area contributed by atoms with Crippen LogP contribution in [0.5, 0.6) is 0 Å². The number of rotatable bonds is 7. The van der Waals surface area contributed by atoms with Gasteiger partial charge in [-0.1, -0.05) is 46.6 Å². The number of aromatic nitrogens is 2. The molecule has 0 spiro atoms. The number of hydrogen-bond donors (Lipinski definition) is 0. The molecule has 0 bridgehead atoms. The molecular weight excluding hydrogens is 418 g/mol. The van der Waals surface area contributed by atoms with E-state index >= 15 is 0 Å². The summed E-state index contributed by atoms with van der Waals surface area (Å²) in [6, 6.07) is 13.2. The number of carbonyl (C=O) groups excluding carboxylic acids is 1. The Morgan fingerprint density at radius 3 is 2.45 bits per heavy atom. The van der Waals surface area contributed by atoms with Gasteiger partial charge in [0, 0.05) is 17.6 Å². The van der Waals surface area contributed by atoms with Crippen molar-refractivity contribution in [3.63, 3.8) is 0 Å². The zero-order valence-electron chi connectivity index (χ0n) is 15.7. The SMILES string of the molecule is Cc1ccc(-c2noc(COC(=O)CN(C)S(=O)(=O)c3ccc(Cl)cc3)n2)cc1. The molecule has 0 fully saturated rings. The number of halogens is 1. The molecule has 1 heterocycles. The molecule has 0 aliphatic carbocycles. The average Bonchev–Trinajstić information content (AvgIpc) is 3.16. The highest BCUT2D eigenvalue weighted by molar-refractivity contribution is 7.89. The zero-order valence-corrected chi connectivity index (χ0v) is 17.3. The van der Waals surface area contributed by atoms with Crippen LogP contribution in [0.3, 0.4) is 0 Å². The van der Waals surface area contributed by atoms with Gasteiger partial charge in [-0.3, -0.25) is 4.79 Å². The molecule has 0 N–H and O–H groups in total. The summed E-state index contributed by atoms with van der Waals surface area (Å²) >= 11 is 5.77. The number of ether oxygens (including phenoxy) is 1. The fourth-order valence-electron chi connectivity index (χ4n) is 2.37. The van der Waals surface area contributed by atoms with Crippen molar-refractivity contribution in [2.24, 2.45) is 0 Å². The summed E-state index contributed by atoms with van der Waals surface area (Å²) < 4.78 is 36.0. The summed E-state index contributed by atoms with van der Waals surface area (Å²) in [5.41, 5.74) is 1.87. The van der Waals surface area contributed by atoms with E-state index in [1.165, 1.54) is 31.3 Å². The second kappa shape index (κ2) is 8.73. The molecule has 3 aromatic rings. The van der Waals surface area contributed by atoms with Gasteiger partial charge in [0.2, 0.25) is 15.8 Å². The third-order valence-corrected chi connectivity index (χ3v) is 6.08. The van der Waals surface area contributed by atoms with Crippen molar-refractivity contribution in [2.75, 3.05) is 13.6 Å². The summed E-state index contributed by atoms with van der Waals surface area (Å²) in [5.74, 6) is -0.268. The van der Waals surface area contributed by atoms with Crippen molar-refractivity contribution in [3.8, 4) is 11.4 Å². The molecule has 3 rings (SSSR count). The maximum Gasteiger partial charge on any atom is 0.321 e. The first-order chi connectivity index (χ1) is 13.8. The van der Waals surface area contributed by atoms with E-state index in [4.69, 9.17) is 20.9 Å². The van der Waals surface area contributed by atoms with Crippen LogP contribution >= 0.6 is 11.6 Å². The first-order valence-corrected chi connectivity index (χ1v) is 10.3. The highest BCUT2D eigenvalue weighted by Gasteiger charge is 2.24. The molecule has 29 heavy (non-hydrogen) atoms. The summed E-state index contributed by atoms with van der Waals surface area (Å²) in [6.07, 6.45) is 0. The lowest BCUT2D eigenvalue weighted by atomic mass is 10.1. The Morgan fingerprint density at radius 2 is 1.79 bits per heavy atom. The lowest BCUT2D eigenvalue weighted by Crippen LogP contribution is -2.33. The topological polar surface area (TPSA) is 103 Å². The van der Waals surface area contributed by atoms with Crippen molar-refractivity contribution in [2.45, 2.75) is 18.4 Å². The predicted molar refractivity (Wildman–Crippen MR) is 106 cm³/mol. The van der Waals surface area contributed by atoms with Gasteiger partial charge >= 0.3 is 5.97 Å². The van der Waals surface area contributed by atoms with Crippen molar-refractivity contribution in [3.05, 3.63) is 65.0 Å². The second-order valence-electron chi connectivity index (χ2n) is 6.25. The Bertz CT molecular complexity index is 1100. The molecule has 1 aromatic heterocycles. The third kappa shape index (κ3) is 5.20. The number of sulfonamides is 1. The molecule has 0 aliphatic rings. The summed E-state index contributed by atoms with van der Waals surface area (Å²) in [5, 5.41) is 4.26. The van der Waals surface area contributed by atoms with Crippen LogP contribution in [0.1, 0.15) is 11.5 Å². The molecular formula is C19H18ClN3O5S. The van der Waals surface area contributed by atoms with E-state index in [0.29, 0.717) is 10.8 Å². The summed E-state index contributed by atoms with van der Waals surface area (Å²) in [7, 11) is -2.56. The number of hydrogen-bond acceptors (Lipinski definition) is 7. The van der Waals surface area contributed by atoms with Crippen LogP contribution in [0.15, 0.2) is 57.9 Å². The van der Waals surface area contributed by atoms with Crippen LogP contribution < -0.4 is 0 Å². The molecule has 0 atom stereocenters. The van der Waals surface area contributed by atoms with E-state index in [1.54, 1.807) is 0 Å². The average molecular weight is 436 g/mol. The predicted octanol–water partition coefficient (Wildman–Crippen LogP) is 3.06. The second-order valence-corrected chi connectivity index (χ2v) is 8.73. The Kier molecular flexibility index (Phi) is 6.31. The smallest absolute Gasteiger partial charge is 0.321 e. The van der Waals surface area contributed by atoms with E-state index in [9.17, 15) is 13.2 Å². The molecule has 0 radical (unpaired) electrons. The Hall–Kier alpha value is -2.75. The van der Waals surface area contributed by atoms with Gasteiger partial charge in [-0.15, -0.1) is 0 Å². The van der Waals surface area contributed by atoms with Gasteiger partial charge in [0.05, 0.1) is 4.90 Å². The van der Waals surface area contributed by atoms with Gasteiger partial charge in [-0.25, -0.2) is 8.42 Å². The van der Waals surface area contributed by atoms with Crippen LogP contribution in [0, 0.1) is 6.92 Å². The molecule has 2 aromatic carbocycles. The Labute approximate surface area is 173 Å². The van der Waals surface area contributed by atoms with E-state index in [2.05, 4.69) is 10.1 Å². The first-order valence-electron chi connectivity index (χ1n) is 8.53. The quantitative estimate of drug-likeness (QED) is 0.525. The van der Waals surface area contributed by atoms with Crippen molar-refractivity contribution in [1.29, 1.82) is 0 Å².